The van der Waals surface area contributed by atoms with E-state index in [9.17, 15) is 19.5 Å². The first-order valence-corrected chi connectivity index (χ1v) is 7.80. The Morgan fingerprint density at radius 3 is 2.92 bits per heavy atom. The Morgan fingerprint density at radius 1 is 1.38 bits per heavy atom. The molecule has 1 aliphatic carbocycles. The van der Waals surface area contributed by atoms with Gasteiger partial charge in [-0.05, 0) is 23.3 Å². The highest BCUT2D eigenvalue weighted by molar-refractivity contribution is 5.83. The van der Waals surface area contributed by atoms with Crippen molar-refractivity contribution in [2.45, 2.75) is 12.8 Å². The number of rotatable bonds is 4. The lowest BCUT2D eigenvalue weighted by Gasteiger charge is -2.05. The van der Waals surface area contributed by atoms with E-state index in [1.54, 1.807) is 22.7 Å². The summed E-state index contributed by atoms with van der Waals surface area (Å²) in [6.07, 6.45) is 4.02. The Labute approximate surface area is 146 Å². The van der Waals surface area contributed by atoms with Gasteiger partial charge in [0, 0.05) is 18.2 Å². The molecule has 0 saturated carbocycles. The fourth-order valence-corrected chi connectivity index (χ4v) is 3.33. The molecule has 130 valence electrons. The maximum absolute atomic E-state index is 12.4. The van der Waals surface area contributed by atoms with Crippen LogP contribution in [0.3, 0.4) is 0 Å². The van der Waals surface area contributed by atoms with E-state index in [-0.39, 0.29) is 12.1 Å². The van der Waals surface area contributed by atoms with Crippen LogP contribution in [0, 0.1) is 0 Å². The lowest BCUT2D eigenvalue weighted by molar-refractivity contribution is -0.297. The predicted octanol–water partition coefficient (Wildman–Crippen LogP) is -0.0160. The summed E-state index contributed by atoms with van der Waals surface area (Å²) in [6.45, 7) is 0. The average molecular weight is 350 g/mol. The second kappa shape index (κ2) is 5.69. The molecule has 1 aromatic carbocycles. The van der Waals surface area contributed by atoms with Crippen LogP contribution in [-0.4, -0.2) is 31.4 Å². The number of carbonyl (C=O) groups excluding carboxylic acids is 1. The lowest BCUT2D eigenvalue weighted by atomic mass is 10.0. The van der Waals surface area contributed by atoms with Gasteiger partial charge in [-0.1, -0.05) is 18.2 Å². The molecule has 4 rings (SSSR count). The topological polar surface area (TPSA) is 128 Å². The number of hydrogen-bond acceptors (Lipinski definition) is 5. The van der Waals surface area contributed by atoms with Gasteiger partial charge in [-0.2, -0.15) is 0 Å². The van der Waals surface area contributed by atoms with Crippen LogP contribution in [-0.2, 0) is 22.4 Å². The summed E-state index contributed by atoms with van der Waals surface area (Å²) in [7, 11) is 0. The first kappa shape index (κ1) is 15.8. The molecule has 1 aliphatic rings. The largest absolute Gasteiger partial charge is 0.545 e. The highest BCUT2D eigenvalue weighted by Gasteiger charge is 2.26. The van der Waals surface area contributed by atoms with Gasteiger partial charge in [-0.3, -0.25) is 14.0 Å². The molecule has 26 heavy (non-hydrogen) atoms. The van der Waals surface area contributed by atoms with Crippen molar-refractivity contribution in [2.24, 2.45) is 0 Å². The fourth-order valence-electron chi connectivity index (χ4n) is 3.33. The molecule has 2 heterocycles. The number of H-pyrrole nitrogens is 1. The van der Waals surface area contributed by atoms with Crippen LogP contribution in [0.1, 0.15) is 22.5 Å². The van der Waals surface area contributed by atoms with Gasteiger partial charge in [0.25, 0.3) is 5.56 Å². The Bertz CT molecular complexity index is 1170. The van der Waals surface area contributed by atoms with Crippen molar-refractivity contribution in [2.75, 3.05) is 0 Å². The molecular weight excluding hydrogens is 338 g/mol. The standard InChI is InChI=1S/C18H13N3O5/c22-14(23)5-4-10-8-21-13-7-12-9(6-15(24)25)2-1-3-11(12)16(13)20-18(26)17(21)19-10/h1-5,8H,6-7H2,(H,20,26)(H,22,23)(H,24,25)/p-1/b5-4+. The summed E-state index contributed by atoms with van der Waals surface area (Å²) >= 11 is 0. The number of carboxylic acid groups (broad SMARTS) is 2. The Balaban J connectivity index is 1.89. The number of aliphatic carboxylic acids is 2. The van der Waals surface area contributed by atoms with E-state index >= 15 is 0 Å². The van der Waals surface area contributed by atoms with Crippen LogP contribution >= 0.6 is 0 Å². The summed E-state index contributed by atoms with van der Waals surface area (Å²) in [4.78, 5) is 41.0. The number of aromatic nitrogens is 3. The molecule has 0 atom stereocenters. The molecule has 8 nitrogen and oxygen atoms in total. The fraction of sp³-hybridized carbons (Fsp3) is 0.111. The normalized spacial score (nSPS) is 12.5. The summed E-state index contributed by atoms with van der Waals surface area (Å²) in [5, 5.41) is 19.7. The smallest absolute Gasteiger partial charge is 0.307 e. The molecule has 0 bridgehead atoms. The van der Waals surface area contributed by atoms with Crippen molar-refractivity contribution in [3.63, 3.8) is 0 Å². The summed E-state index contributed by atoms with van der Waals surface area (Å²) < 4.78 is 1.62. The van der Waals surface area contributed by atoms with E-state index in [1.165, 1.54) is 6.08 Å². The number of hydrogen-bond donors (Lipinski definition) is 2. The third kappa shape index (κ3) is 2.48. The number of imidazole rings is 1. The van der Waals surface area contributed by atoms with Crippen molar-refractivity contribution in [1.82, 2.24) is 14.4 Å². The molecule has 2 N–H and O–H groups in total. The van der Waals surface area contributed by atoms with E-state index in [0.717, 1.165) is 22.9 Å². The van der Waals surface area contributed by atoms with Crippen LogP contribution in [0.2, 0.25) is 0 Å². The van der Waals surface area contributed by atoms with Crippen LogP contribution < -0.4 is 10.7 Å². The average Bonchev–Trinajstić information content (AvgIpc) is 3.15. The van der Waals surface area contributed by atoms with Crippen LogP contribution in [0.5, 0.6) is 0 Å². The quantitative estimate of drug-likeness (QED) is 0.498. The maximum atomic E-state index is 12.4. The number of carbonyl (C=O) groups is 2. The Morgan fingerprint density at radius 2 is 2.19 bits per heavy atom. The highest BCUT2D eigenvalue weighted by atomic mass is 16.4. The number of aromatic amines is 1. The molecule has 0 saturated heterocycles. The van der Waals surface area contributed by atoms with Gasteiger partial charge < -0.3 is 20.0 Å². The van der Waals surface area contributed by atoms with Gasteiger partial charge in [0.15, 0.2) is 0 Å². The van der Waals surface area contributed by atoms with Gasteiger partial charge in [-0.15, -0.1) is 0 Å². The van der Waals surface area contributed by atoms with Crippen LogP contribution in [0.4, 0.5) is 0 Å². The minimum Gasteiger partial charge on any atom is -0.545 e. The van der Waals surface area contributed by atoms with E-state index in [1.807, 2.05) is 6.07 Å². The van der Waals surface area contributed by atoms with Crippen molar-refractivity contribution in [1.29, 1.82) is 0 Å². The Kier molecular flexibility index (Phi) is 3.47. The third-order valence-corrected chi connectivity index (χ3v) is 4.36. The summed E-state index contributed by atoms with van der Waals surface area (Å²) in [5.74, 6) is -2.28. The van der Waals surface area contributed by atoms with Crippen molar-refractivity contribution < 1.29 is 19.8 Å². The molecule has 0 unspecified atom stereocenters. The molecule has 0 fully saturated rings. The van der Waals surface area contributed by atoms with Crippen molar-refractivity contribution in [3.05, 3.63) is 63.3 Å². The third-order valence-electron chi connectivity index (χ3n) is 4.36. The van der Waals surface area contributed by atoms with E-state index < -0.39 is 17.5 Å². The summed E-state index contributed by atoms with van der Waals surface area (Å²) in [5.41, 5.74) is 3.78. The number of nitrogens with one attached hydrogen (secondary N) is 1. The first-order valence-electron chi connectivity index (χ1n) is 7.80. The van der Waals surface area contributed by atoms with Crippen LogP contribution in [0.15, 0.2) is 35.3 Å². The number of nitrogens with zero attached hydrogens (tertiary/aromatic N) is 2. The van der Waals surface area contributed by atoms with E-state index in [2.05, 4.69) is 9.97 Å². The molecule has 0 radical (unpaired) electrons. The minimum absolute atomic E-state index is 0.103. The van der Waals surface area contributed by atoms with E-state index in [0.29, 0.717) is 23.4 Å². The maximum Gasteiger partial charge on any atom is 0.307 e. The minimum atomic E-state index is -1.35. The predicted molar refractivity (Wildman–Crippen MR) is 89.4 cm³/mol. The van der Waals surface area contributed by atoms with Crippen molar-refractivity contribution in [3.8, 4) is 11.3 Å². The zero-order valence-corrected chi connectivity index (χ0v) is 13.4. The second-order valence-electron chi connectivity index (χ2n) is 5.98. The first-order chi connectivity index (χ1) is 12.4. The lowest BCUT2D eigenvalue weighted by Crippen LogP contribution is -2.18. The van der Waals surface area contributed by atoms with Gasteiger partial charge >= 0.3 is 5.97 Å². The molecule has 3 aromatic rings. The van der Waals surface area contributed by atoms with Crippen molar-refractivity contribution >= 4 is 23.7 Å². The van der Waals surface area contributed by atoms with Gasteiger partial charge in [0.1, 0.15) is 0 Å². The van der Waals surface area contributed by atoms with Gasteiger partial charge in [0.2, 0.25) is 5.65 Å². The molecule has 0 amide bonds. The number of carboxylic acids is 2. The zero-order valence-electron chi connectivity index (χ0n) is 13.4. The second-order valence-corrected chi connectivity index (χ2v) is 5.98. The van der Waals surface area contributed by atoms with E-state index in [4.69, 9.17) is 5.11 Å². The van der Waals surface area contributed by atoms with Gasteiger partial charge in [0.05, 0.1) is 29.5 Å². The number of benzene rings is 1. The molecule has 8 heteroatoms. The van der Waals surface area contributed by atoms with Gasteiger partial charge in [-0.25, -0.2) is 4.98 Å². The molecule has 0 aliphatic heterocycles. The highest BCUT2D eigenvalue weighted by Crippen LogP contribution is 2.36. The molecule has 0 spiro atoms. The zero-order chi connectivity index (χ0) is 18.4. The molecule has 2 aromatic heterocycles. The van der Waals surface area contributed by atoms with Crippen LogP contribution in [0.25, 0.3) is 23.0 Å². The summed E-state index contributed by atoms with van der Waals surface area (Å²) in [6, 6.07) is 5.36. The number of fused-ring (bicyclic) bond motifs is 5. The SMILES string of the molecule is O=C([O-])/C=C/c1cn2c3c([nH]c(=O)c2n1)-c1cccc(CC(=O)O)c1C3. The Hall–Kier alpha value is -3.68. The molecular formula is C18H12N3O5-. The monoisotopic (exact) mass is 350 g/mol.